The van der Waals surface area contributed by atoms with Crippen molar-refractivity contribution in [3.8, 4) is 5.75 Å². The predicted octanol–water partition coefficient (Wildman–Crippen LogP) is 5.01. The average Bonchev–Trinajstić information content (AvgIpc) is 2.60. The molecule has 0 heterocycles. The minimum absolute atomic E-state index is 0.245. The largest absolute Gasteiger partial charge is 0.508 e. The van der Waals surface area contributed by atoms with Crippen molar-refractivity contribution in [2.75, 3.05) is 0 Å². The fraction of sp³-hybridized carbons (Fsp3) is 0.100. The van der Waals surface area contributed by atoms with Gasteiger partial charge >= 0.3 is 0 Å². The lowest BCUT2D eigenvalue weighted by molar-refractivity contribution is 0.178. The summed E-state index contributed by atoms with van der Waals surface area (Å²) in [5.74, 6) is 0.245. The third-order valence-corrected chi connectivity index (χ3v) is 3.53. The number of halogens is 1. The van der Waals surface area contributed by atoms with E-state index in [0.29, 0.717) is 11.4 Å². The first kappa shape index (κ1) is 17.1. The van der Waals surface area contributed by atoms with Crippen LogP contribution in [-0.2, 0) is 6.42 Å². The summed E-state index contributed by atoms with van der Waals surface area (Å²) in [6, 6.07) is 26.2. The smallest absolute Gasteiger partial charge is 0.115 e. The number of phenols is 1. The SMILES string of the molecule is OC(Cc1ccccc1)c1ccccc1.Oc1ccc(Cl)cc1. The minimum Gasteiger partial charge on any atom is -0.508 e. The fourth-order valence-electron chi connectivity index (χ4n) is 2.07. The van der Waals surface area contributed by atoms with Crippen molar-refractivity contribution in [3.05, 3.63) is 101 Å². The summed E-state index contributed by atoms with van der Waals surface area (Å²) in [5.41, 5.74) is 2.13. The van der Waals surface area contributed by atoms with Crippen LogP contribution in [0.1, 0.15) is 17.2 Å². The van der Waals surface area contributed by atoms with Gasteiger partial charge in [-0.05, 0) is 35.4 Å². The van der Waals surface area contributed by atoms with Gasteiger partial charge in [-0.25, -0.2) is 0 Å². The molecular formula is C20H19ClO2. The number of phenolic OH excluding ortho intramolecular Hbond substituents is 1. The summed E-state index contributed by atoms with van der Waals surface area (Å²) in [4.78, 5) is 0. The maximum Gasteiger partial charge on any atom is 0.115 e. The molecule has 3 aromatic carbocycles. The molecule has 0 radical (unpaired) electrons. The second-order valence-corrected chi connectivity index (χ2v) is 5.53. The molecule has 0 amide bonds. The van der Waals surface area contributed by atoms with Gasteiger partial charge in [0.05, 0.1) is 6.10 Å². The maximum absolute atomic E-state index is 9.97. The maximum atomic E-state index is 9.97. The average molecular weight is 327 g/mol. The Bertz CT molecular complexity index is 661. The third-order valence-electron chi connectivity index (χ3n) is 3.28. The van der Waals surface area contributed by atoms with Crippen molar-refractivity contribution in [1.29, 1.82) is 0 Å². The molecule has 3 aromatic rings. The zero-order valence-electron chi connectivity index (χ0n) is 12.6. The molecule has 1 unspecified atom stereocenters. The highest BCUT2D eigenvalue weighted by molar-refractivity contribution is 6.30. The van der Waals surface area contributed by atoms with Crippen LogP contribution in [0.5, 0.6) is 5.75 Å². The summed E-state index contributed by atoms with van der Waals surface area (Å²) in [6.07, 6.45) is 0.263. The number of aromatic hydroxyl groups is 1. The van der Waals surface area contributed by atoms with Gasteiger partial charge in [-0.3, -0.25) is 0 Å². The van der Waals surface area contributed by atoms with Crippen molar-refractivity contribution in [2.45, 2.75) is 12.5 Å². The van der Waals surface area contributed by atoms with Crippen molar-refractivity contribution in [1.82, 2.24) is 0 Å². The Morgan fingerprint density at radius 1 is 0.739 bits per heavy atom. The Morgan fingerprint density at radius 3 is 1.78 bits per heavy atom. The van der Waals surface area contributed by atoms with E-state index in [2.05, 4.69) is 0 Å². The lowest BCUT2D eigenvalue weighted by Crippen LogP contribution is -2.01. The molecule has 1 atom stereocenters. The van der Waals surface area contributed by atoms with Gasteiger partial charge in [-0.1, -0.05) is 72.3 Å². The molecule has 0 saturated heterocycles. The first-order valence-electron chi connectivity index (χ1n) is 7.36. The van der Waals surface area contributed by atoms with E-state index < -0.39 is 6.10 Å². The van der Waals surface area contributed by atoms with Crippen LogP contribution in [0.2, 0.25) is 5.02 Å². The number of aliphatic hydroxyl groups excluding tert-OH is 1. The van der Waals surface area contributed by atoms with E-state index in [1.165, 1.54) is 0 Å². The van der Waals surface area contributed by atoms with E-state index >= 15 is 0 Å². The van der Waals surface area contributed by atoms with E-state index in [1.54, 1.807) is 24.3 Å². The Kier molecular flexibility index (Phi) is 6.67. The van der Waals surface area contributed by atoms with Crippen LogP contribution < -0.4 is 0 Å². The van der Waals surface area contributed by atoms with Crippen LogP contribution in [0.4, 0.5) is 0 Å². The van der Waals surface area contributed by atoms with Gasteiger partial charge in [0, 0.05) is 11.4 Å². The summed E-state index contributed by atoms with van der Waals surface area (Å²) in [7, 11) is 0. The van der Waals surface area contributed by atoms with Crippen molar-refractivity contribution in [3.63, 3.8) is 0 Å². The monoisotopic (exact) mass is 326 g/mol. The number of aliphatic hydroxyl groups is 1. The highest BCUT2D eigenvalue weighted by Crippen LogP contribution is 2.17. The summed E-state index contributed by atoms with van der Waals surface area (Å²) in [5, 5.41) is 19.3. The minimum atomic E-state index is -0.409. The third kappa shape index (κ3) is 6.15. The van der Waals surface area contributed by atoms with E-state index in [-0.39, 0.29) is 5.75 Å². The van der Waals surface area contributed by atoms with E-state index in [1.807, 2.05) is 60.7 Å². The Labute approximate surface area is 141 Å². The van der Waals surface area contributed by atoms with Gasteiger partial charge in [0.15, 0.2) is 0 Å². The topological polar surface area (TPSA) is 40.5 Å². The molecule has 0 spiro atoms. The van der Waals surface area contributed by atoms with Gasteiger partial charge in [0.25, 0.3) is 0 Å². The fourth-order valence-corrected chi connectivity index (χ4v) is 2.20. The van der Waals surface area contributed by atoms with Crippen molar-refractivity contribution >= 4 is 11.6 Å². The Hall–Kier alpha value is -2.29. The normalized spacial score (nSPS) is 11.2. The number of hydrogen-bond donors (Lipinski definition) is 2. The Morgan fingerprint density at radius 2 is 1.26 bits per heavy atom. The molecule has 0 saturated carbocycles. The molecule has 2 N–H and O–H groups in total. The molecule has 0 aliphatic heterocycles. The zero-order valence-corrected chi connectivity index (χ0v) is 13.4. The molecule has 3 rings (SSSR count). The molecule has 0 bridgehead atoms. The number of benzene rings is 3. The molecular weight excluding hydrogens is 308 g/mol. The molecule has 0 aromatic heterocycles. The summed E-state index contributed by atoms with van der Waals surface area (Å²) < 4.78 is 0. The lowest BCUT2D eigenvalue weighted by Gasteiger charge is -2.10. The Balaban J connectivity index is 0.000000203. The highest BCUT2D eigenvalue weighted by Gasteiger charge is 2.06. The van der Waals surface area contributed by atoms with Crippen LogP contribution in [-0.4, -0.2) is 10.2 Å². The molecule has 0 fully saturated rings. The predicted molar refractivity (Wildman–Crippen MR) is 94.7 cm³/mol. The quantitative estimate of drug-likeness (QED) is 0.710. The lowest BCUT2D eigenvalue weighted by atomic mass is 10.0. The van der Waals surface area contributed by atoms with Gasteiger partial charge in [-0.15, -0.1) is 0 Å². The molecule has 118 valence electrons. The van der Waals surface area contributed by atoms with Crippen LogP contribution in [0.3, 0.4) is 0 Å². The van der Waals surface area contributed by atoms with E-state index in [4.69, 9.17) is 16.7 Å². The molecule has 2 nitrogen and oxygen atoms in total. The summed E-state index contributed by atoms with van der Waals surface area (Å²) >= 11 is 5.50. The zero-order chi connectivity index (χ0) is 16.5. The standard InChI is InChI=1S/C14H14O.C6H5ClO/c15-14(13-9-5-2-6-10-13)11-12-7-3-1-4-8-12;7-5-1-3-6(8)4-2-5/h1-10,14-15H,11H2;1-4,8H. The molecule has 0 aliphatic rings. The first-order valence-corrected chi connectivity index (χ1v) is 7.74. The van der Waals surface area contributed by atoms with Gasteiger partial charge in [0.1, 0.15) is 5.75 Å². The van der Waals surface area contributed by atoms with E-state index in [0.717, 1.165) is 11.1 Å². The summed E-state index contributed by atoms with van der Waals surface area (Å²) in [6.45, 7) is 0. The van der Waals surface area contributed by atoms with Gasteiger partial charge in [-0.2, -0.15) is 0 Å². The molecule has 0 aliphatic carbocycles. The van der Waals surface area contributed by atoms with Crippen molar-refractivity contribution < 1.29 is 10.2 Å². The highest BCUT2D eigenvalue weighted by atomic mass is 35.5. The molecule has 3 heteroatoms. The van der Waals surface area contributed by atoms with E-state index in [9.17, 15) is 5.11 Å². The second kappa shape index (κ2) is 8.99. The number of rotatable bonds is 3. The number of hydrogen-bond acceptors (Lipinski definition) is 2. The molecule has 23 heavy (non-hydrogen) atoms. The second-order valence-electron chi connectivity index (χ2n) is 5.09. The van der Waals surface area contributed by atoms with Crippen molar-refractivity contribution in [2.24, 2.45) is 0 Å². The van der Waals surface area contributed by atoms with Gasteiger partial charge < -0.3 is 10.2 Å². The van der Waals surface area contributed by atoms with Gasteiger partial charge in [0.2, 0.25) is 0 Å². The van der Waals surface area contributed by atoms with Crippen LogP contribution in [0.15, 0.2) is 84.9 Å². The van der Waals surface area contributed by atoms with Crippen LogP contribution in [0, 0.1) is 0 Å². The first-order chi connectivity index (χ1) is 11.1. The van der Waals surface area contributed by atoms with Crippen LogP contribution >= 0.6 is 11.6 Å². The van der Waals surface area contributed by atoms with Crippen LogP contribution in [0.25, 0.3) is 0 Å².